The molecule has 1 aromatic rings. The zero-order valence-corrected chi connectivity index (χ0v) is 12.1. The predicted octanol–water partition coefficient (Wildman–Crippen LogP) is 3.17. The molecule has 0 fully saturated rings. The van der Waals surface area contributed by atoms with E-state index in [0.29, 0.717) is 18.2 Å². The second-order valence-electron chi connectivity index (χ2n) is 4.43. The van der Waals surface area contributed by atoms with Crippen molar-refractivity contribution >= 4 is 17.5 Å². The molecule has 1 unspecified atom stereocenters. The highest BCUT2D eigenvalue weighted by atomic mass is 35.5. The molecule has 21 heavy (non-hydrogen) atoms. The number of carbonyl (C=O) groups is 1. The van der Waals surface area contributed by atoms with Gasteiger partial charge in [0.05, 0.1) is 23.1 Å². The van der Waals surface area contributed by atoms with Crippen molar-refractivity contribution in [3.63, 3.8) is 0 Å². The van der Waals surface area contributed by atoms with Gasteiger partial charge in [-0.05, 0) is 18.2 Å². The highest BCUT2D eigenvalue weighted by Gasteiger charge is 2.32. The molecule has 118 valence electrons. The summed E-state index contributed by atoms with van der Waals surface area (Å²) < 4.78 is 56.1. The third kappa shape index (κ3) is 4.86. The Bertz CT molecular complexity index is 507. The molecule has 0 saturated heterocycles. The van der Waals surface area contributed by atoms with Gasteiger partial charge >= 0.3 is 6.18 Å². The van der Waals surface area contributed by atoms with Crippen molar-refractivity contribution < 1.29 is 27.1 Å². The van der Waals surface area contributed by atoms with Crippen molar-refractivity contribution in [3.05, 3.63) is 35.1 Å². The Balaban J connectivity index is 2.96. The fourth-order valence-corrected chi connectivity index (χ4v) is 2.02. The summed E-state index contributed by atoms with van der Waals surface area (Å²) in [6, 6.07) is 1.70. The van der Waals surface area contributed by atoms with Gasteiger partial charge in [0.25, 0.3) is 5.91 Å². The molecule has 0 bridgehead atoms. The number of halogens is 5. The summed E-state index contributed by atoms with van der Waals surface area (Å²) in [5.41, 5.74) is -1.73. The third-order valence-corrected chi connectivity index (χ3v) is 2.95. The van der Waals surface area contributed by atoms with Gasteiger partial charge in [0, 0.05) is 20.7 Å². The maximum atomic E-state index is 13.6. The van der Waals surface area contributed by atoms with Gasteiger partial charge in [0.1, 0.15) is 5.82 Å². The van der Waals surface area contributed by atoms with Gasteiger partial charge in [-0.2, -0.15) is 13.2 Å². The number of ether oxygens (including phenoxy) is 1. The number of rotatable bonds is 5. The Labute approximate surface area is 124 Å². The lowest BCUT2D eigenvalue weighted by molar-refractivity contribution is -0.137. The molecular weight excluding hydrogens is 314 g/mol. The van der Waals surface area contributed by atoms with Crippen molar-refractivity contribution in [2.24, 2.45) is 0 Å². The monoisotopic (exact) mass is 327 g/mol. The lowest BCUT2D eigenvalue weighted by Crippen LogP contribution is -2.34. The minimum atomic E-state index is -4.65. The first-order valence-corrected chi connectivity index (χ1v) is 6.35. The first-order valence-electron chi connectivity index (χ1n) is 5.92. The van der Waals surface area contributed by atoms with E-state index in [0.717, 1.165) is 4.90 Å². The normalized spacial score (nSPS) is 13.1. The first kappa shape index (κ1) is 17.7. The van der Waals surface area contributed by atoms with E-state index in [1.165, 1.54) is 14.2 Å². The van der Waals surface area contributed by atoms with Crippen molar-refractivity contribution in [1.29, 1.82) is 0 Å². The number of alkyl halides is 4. The summed E-state index contributed by atoms with van der Waals surface area (Å²) in [5.74, 6) is -1.89. The van der Waals surface area contributed by atoms with Crippen molar-refractivity contribution in [2.45, 2.75) is 11.6 Å². The maximum Gasteiger partial charge on any atom is 0.416 e. The Morgan fingerprint density at radius 1 is 1.43 bits per heavy atom. The molecule has 1 aromatic carbocycles. The van der Waals surface area contributed by atoms with E-state index in [-0.39, 0.29) is 13.2 Å². The van der Waals surface area contributed by atoms with Crippen LogP contribution in [0.5, 0.6) is 0 Å². The minimum Gasteiger partial charge on any atom is -0.383 e. The third-order valence-electron chi connectivity index (χ3n) is 2.69. The number of methoxy groups -OCH3 is 1. The molecule has 0 aromatic heterocycles. The van der Waals surface area contributed by atoms with Crippen molar-refractivity contribution in [2.75, 3.05) is 27.3 Å². The van der Waals surface area contributed by atoms with Crippen LogP contribution in [0.1, 0.15) is 15.9 Å². The van der Waals surface area contributed by atoms with Gasteiger partial charge in [-0.15, -0.1) is 11.6 Å². The van der Waals surface area contributed by atoms with Crippen LogP contribution in [0.15, 0.2) is 18.2 Å². The summed E-state index contributed by atoms with van der Waals surface area (Å²) in [5, 5.41) is -0.544. The van der Waals surface area contributed by atoms with E-state index in [4.69, 9.17) is 16.3 Å². The standard InChI is InChI=1S/C13H14ClF4NO2/c1-19(6-9(14)7-21-2)12(20)10-5-8(13(16,17)18)3-4-11(10)15/h3-5,9H,6-7H2,1-2H3. The molecule has 3 nitrogen and oxygen atoms in total. The second-order valence-corrected chi connectivity index (χ2v) is 5.05. The number of benzene rings is 1. The number of amides is 1. The van der Waals surface area contributed by atoms with E-state index in [2.05, 4.69) is 0 Å². The molecule has 1 amide bonds. The molecule has 0 heterocycles. The van der Waals surface area contributed by atoms with Gasteiger partial charge in [-0.25, -0.2) is 4.39 Å². The Morgan fingerprint density at radius 2 is 2.05 bits per heavy atom. The zero-order chi connectivity index (χ0) is 16.2. The molecule has 0 aliphatic heterocycles. The van der Waals surface area contributed by atoms with E-state index >= 15 is 0 Å². The smallest absolute Gasteiger partial charge is 0.383 e. The second kappa shape index (κ2) is 7.09. The Kier molecular flexibility index (Phi) is 5.98. The molecule has 1 rings (SSSR count). The largest absolute Gasteiger partial charge is 0.416 e. The van der Waals surface area contributed by atoms with Crippen molar-refractivity contribution in [3.8, 4) is 0 Å². The summed E-state index contributed by atoms with van der Waals surface area (Å²) in [6.07, 6.45) is -4.65. The highest BCUT2D eigenvalue weighted by Crippen LogP contribution is 2.30. The molecule has 8 heteroatoms. The summed E-state index contributed by atoms with van der Waals surface area (Å²) in [7, 11) is 2.75. The van der Waals surface area contributed by atoms with Gasteiger partial charge in [-0.3, -0.25) is 4.79 Å². The van der Waals surface area contributed by atoms with Crippen LogP contribution in [-0.2, 0) is 10.9 Å². The molecule has 0 radical (unpaired) electrons. The van der Waals surface area contributed by atoms with E-state index in [1.807, 2.05) is 0 Å². The lowest BCUT2D eigenvalue weighted by atomic mass is 10.1. The van der Waals surface area contributed by atoms with Crippen molar-refractivity contribution in [1.82, 2.24) is 4.90 Å². The topological polar surface area (TPSA) is 29.5 Å². The fourth-order valence-electron chi connectivity index (χ4n) is 1.68. The molecule has 0 saturated carbocycles. The van der Waals surface area contributed by atoms with Crippen LogP contribution in [0.3, 0.4) is 0 Å². The number of hydrogen-bond acceptors (Lipinski definition) is 2. The Morgan fingerprint density at radius 3 is 2.57 bits per heavy atom. The average molecular weight is 328 g/mol. The fraction of sp³-hybridized carbons (Fsp3) is 0.462. The van der Waals surface area contributed by atoms with E-state index in [1.54, 1.807) is 0 Å². The van der Waals surface area contributed by atoms with Crippen LogP contribution >= 0.6 is 11.6 Å². The average Bonchev–Trinajstić information content (AvgIpc) is 2.37. The molecular formula is C13H14ClF4NO2. The van der Waals surface area contributed by atoms with Gasteiger partial charge in [-0.1, -0.05) is 0 Å². The molecule has 0 spiro atoms. The summed E-state index contributed by atoms with van der Waals surface area (Å²) >= 11 is 5.86. The van der Waals surface area contributed by atoms with Crippen LogP contribution in [-0.4, -0.2) is 43.5 Å². The van der Waals surface area contributed by atoms with Gasteiger partial charge in [0.2, 0.25) is 0 Å². The van der Waals surface area contributed by atoms with E-state index < -0.39 is 34.4 Å². The van der Waals surface area contributed by atoms with Gasteiger partial charge < -0.3 is 9.64 Å². The number of nitrogens with zero attached hydrogens (tertiary/aromatic N) is 1. The van der Waals surface area contributed by atoms with Crippen LogP contribution in [0.4, 0.5) is 17.6 Å². The van der Waals surface area contributed by atoms with Gasteiger partial charge in [0.15, 0.2) is 0 Å². The molecule has 0 N–H and O–H groups in total. The minimum absolute atomic E-state index is 0.0178. The SMILES string of the molecule is COCC(Cl)CN(C)C(=O)c1cc(C(F)(F)F)ccc1F. The maximum absolute atomic E-state index is 13.6. The summed E-state index contributed by atoms with van der Waals surface area (Å²) in [6.45, 7) is 0.175. The highest BCUT2D eigenvalue weighted by molar-refractivity contribution is 6.21. The summed E-state index contributed by atoms with van der Waals surface area (Å²) in [4.78, 5) is 13.1. The number of carbonyl (C=O) groups excluding carboxylic acids is 1. The Hall–Kier alpha value is -1.34. The molecule has 1 atom stereocenters. The molecule has 0 aliphatic rings. The van der Waals surface area contributed by atoms with E-state index in [9.17, 15) is 22.4 Å². The zero-order valence-electron chi connectivity index (χ0n) is 11.4. The number of hydrogen-bond donors (Lipinski definition) is 0. The predicted molar refractivity (Wildman–Crippen MR) is 69.9 cm³/mol. The first-order chi connectivity index (χ1) is 9.66. The molecule has 0 aliphatic carbocycles. The van der Waals surface area contributed by atoms with Crippen LogP contribution in [0, 0.1) is 5.82 Å². The van der Waals surface area contributed by atoms with Crippen LogP contribution in [0.25, 0.3) is 0 Å². The quantitative estimate of drug-likeness (QED) is 0.614. The van der Waals surface area contributed by atoms with Crippen LogP contribution < -0.4 is 0 Å². The lowest BCUT2D eigenvalue weighted by Gasteiger charge is -2.21. The van der Waals surface area contributed by atoms with Crippen LogP contribution in [0.2, 0.25) is 0 Å².